The molecular weight excluding hydrogens is 337 g/mol. The van der Waals surface area contributed by atoms with E-state index in [0.717, 1.165) is 25.7 Å². The summed E-state index contributed by atoms with van der Waals surface area (Å²) in [5.74, 6) is 0.603. The maximum absolute atomic E-state index is 13.1. The van der Waals surface area contributed by atoms with Crippen LogP contribution in [0.1, 0.15) is 44.3 Å². The van der Waals surface area contributed by atoms with Gasteiger partial charge in [0.05, 0.1) is 11.1 Å². The van der Waals surface area contributed by atoms with E-state index in [4.69, 9.17) is 10.3 Å². The van der Waals surface area contributed by atoms with E-state index in [1.807, 2.05) is 0 Å². The average molecular weight is 354 g/mol. The molecule has 0 saturated heterocycles. The van der Waals surface area contributed by atoms with Crippen LogP contribution in [-0.2, 0) is 5.54 Å². The van der Waals surface area contributed by atoms with Crippen molar-refractivity contribution in [3.63, 3.8) is 0 Å². The second-order valence-electron chi connectivity index (χ2n) is 5.62. The largest absolute Gasteiger partial charge is 0.334 e. The van der Waals surface area contributed by atoms with E-state index in [2.05, 4.69) is 26.1 Å². The molecule has 2 N–H and O–H groups in total. The van der Waals surface area contributed by atoms with Crippen molar-refractivity contribution < 1.29 is 8.91 Å². The number of hydrogen-bond acceptors (Lipinski definition) is 4. The quantitative estimate of drug-likeness (QED) is 0.823. The summed E-state index contributed by atoms with van der Waals surface area (Å²) in [6.45, 7) is 0. The molecule has 1 aliphatic rings. The number of nitrogens with two attached hydrogens (primary N) is 1. The minimum absolute atomic E-state index is 0.315. The number of nitrogens with zero attached hydrogens (tertiary/aromatic N) is 2. The number of hydrogen-bond donors (Lipinski definition) is 1. The molecule has 1 saturated carbocycles. The Balaban J connectivity index is 1.92. The Hall–Kier alpha value is -1.27. The zero-order valence-electron chi connectivity index (χ0n) is 11.6. The molecule has 112 valence electrons. The van der Waals surface area contributed by atoms with Gasteiger partial charge in [-0.1, -0.05) is 30.8 Å². The van der Waals surface area contributed by atoms with Gasteiger partial charge in [0.1, 0.15) is 5.82 Å². The van der Waals surface area contributed by atoms with Crippen molar-refractivity contribution in [3.05, 3.63) is 34.3 Å². The lowest BCUT2D eigenvalue weighted by atomic mass is 9.91. The molecule has 0 radical (unpaired) electrons. The maximum Gasteiger partial charge on any atom is 0.259 e. The molecule has 4 nitrogen and oxygen atoms in total. The van der Waals surface area contributed by atoms with Gasteiger partial charge in [-0.2, -0.15) is 4.98 Å². The first-order valence-corrected chi connectivity index (χ1v) is 7.96. The van der Waals surface area contributed by atoms with Crippen molar-refractivity contribution in [2.45, 2.75) is 44.1 Å². The van der Waals surface area contributed by atoms with Crippen molar-refractivity contribution in [2.24, 2.45) is 5.73 Å². The number of halogens is 2. The Morgan fingerprint density at radius 3 is 2.57 bits per heavy atom. The summed E-state index contributed by atoms with van der Waals surface area (Å²) < 4.78 is 19.1. The highest BCUT2D eigenvalue weighted by Gasteiger charge is 2.33. The van der Waals surface area contributed by atoms with Crippen LogP contribution < -0.4 is 5.73 Å². The highest BCUT2D eigenvalue weighted by atomic mass is 79.9. The van der Waals surface area contributed by atoms with E-state index in [1.165, 1.54) is 25.0 Å². The van der Waals surface area contributed by atoms with Gasteiger partial charge in [-0.25, -0.2) is 4.39 Å². The third kappa shape index (κ3) is 3.01. The van der Waals surface area contributed by atoms with Crippen LogP contribution in [-0.4, -0.2) is 10.1 Å². The minimum Gasteiger partial charge on any atom is -0.334 e. The molecule has 3 rings (SSSR count). The van der Waals surface area contributed by atoms with Crippen molar-refractivity contribution in [2.75, 3.05) is 0 Å². The number of aromatic nitrogens is 2. The van der Waals surface area contributed by atoms with Gasteiger partial charge in [0.15, 0.2) is 5.82 Å². The highest BCUT2D eigenvalue weighted by Crippen LogP contribution is 2.34. The molecule has 0 atom stereocenters. The zero-order valence-corrected chi connectivity index (χ0v) is 13.2. The van der Waals surface area contributed by atoms with Gasteiger partial charge in [-0.15, -0.1) is 0 Å². The summed E-state index contributed by atoms with van der Waals surface area (Å²) in [5, 5.41) is 4.07. The Bertz CT molecular complexity index is 636. The molecule has 0 spiro atoms. The van der Waals surface area contributed by atoms with Crippen LogP contribution in [0.4, 0.5) is 4.39 Å². The van der Waals surface area contributed by atoms with Crippen LogP contribution in [0.2, 0.25) is 0 Å². The Morgan fingerprint density at radius 2 is 1.90 bits per heavy atom. The van der Waals surface area contributed by atoms with Gasteiger partial charge in [-0.3, -0.25) is 0 Å². The molecule has 6 heteroatoms. The molecule has 0 unspecified atom stereocenters. The highest BCUT2D eigenvalue weighted by molar-refractivity contribution is 9.10. The Morgan fingerprint density at radius 1 is 1.19 bits per heavy atom. The molecule has 21 heavy (non-hydrogen) atoms. The van der Waals surface area contributed by atoms with Gasteiger partial charge in [0, 0.05) is 4.47 Å². The average Bonchev–Trinajstić information content (AvgIpc) is 2.83. The van der Waals surface area contributed by atoms with Crippen LogP contribution in [0.25, 0.3) is 11.5 Å². The lowest BCUT2D eigenvalue weighted by molar-refractivity contribution is 0.334. The van der Waals surface area contributed by atoms with Crippen LogP contribution in [0.3, 0.4) is 0 Å². The molecular formula is C15H17BrFN3O. The topological polar surface area (TPSA) is 64.9 Å². The maximum atomic E-state index is 13.1. The van der Waals surface area contributed by atoms with Crippen LogP contribution >= 0.6 is 15.9 Å². The summed E-state index contributed by atoms with van der Waals surface area (Å²) in [6.07, 6.45) is 6.31. The predicted octanol–water partition coefficient (Wildman–Crippen LogP) is 4.15. The normalized spacial score (nSPS) is 18.4. The van der Waals surface area contributed by atoms with Crippen molar-refractivity contribution in [1.82, 2.24) is 10.1 Å². The van der Waals surface area contributed by atoms with E-state index < -0.39 is 5.54 Å². The van der Waals surface area contributed by atoms with Crippen molar-refractivity contribution in [1.29, 1.82) is 0 Å². The molecule has 0 aliphatic heterocycles. The monoisotopic (exact) mass is 353 g/mol. The van der Waals surface area contributed by atoms with Gasteiger partial charge in [-0.05, 0) is 47.0 Å². The fraction of sp³-hybridized carbons (Fsp3) is 0.467. The molecule has 0 bridgehead atoms. The second-order valence-corrected chi connectivity index (χ2v) is 6.47. The molecule has 2 aromatic rings. The first-order chi connectivity index (χ1) is 10.1. The van der Waals surface area contributed by atoms with Crippen LogP contribution in [0.5, 0.6) is 0 Å². The lowest BCUT2D eigenvalue weighted by Gasteiger charge is -2.23. The van der Waals surface area contributed by atoms with Crippen LogP contribution in [0.15, 0.2) is 27.2 Å². The summed E-state index contributed by atoms with van der Waals surface area (Å²) >= 11 is 3.32. The van der Waals surface area contributed by atoms with E-state index in [-0.39, 0.29) is 5.82 Å². The van der Waals surface area contributed by atoms with Crippen LogP contribution in [0, 0.1) is 5.82 Å². The summed E-state index contributed by atoms with van der Waals surface area (Å²) in [7, 11) is 0. The van der Waals surface area contributed by atoms with E-state index in [1.54, 1.807) is 6.07 Å². The standard InChI is InChI=1S/C15H17BrFN3O/c16-12-9-10(17)5-6-11(12)13-19-14(20-21-13)15(18)7-3-1-2-4-8-15/h5-6,9H,1-4,7-8,18H2. The number of benzene rings is 1. The van der Waals surface area contributed by atoms with E-state index in [0.29, 0.717) is 21.8 Å². The third-order valence-corrected chi connectivity index (χ3v) is 4.68. The summed E-state index contributed by atoms with van der Waals surface area (Å²) in [6, 6.07) is 4.36. The molecule has 1 aliphatic carbocycles. The van der Waals surface area contributed by atoms with Gasteiger partial charge >= 0.3 is 0 Å². The van der Waals surface area contributed by atoms with Gasteiger partial charge < -0.3 is 10.3 Å². The predicted molar refractivity (Wildman–Crippen MR) is 81.0 cm³/mol. The second kappa shape index (κ2) is 5.85. The van der Waals surface area contributed by atoms with E-state index >= 15 is 0 Å². The number of rotatable bonds is 2. The molecule has 0 amide bonds. The summed E-state index contributed by atoms with van der Waals surface area (Å²) in [5.41, 5.74) is 6.64. The Labute approximate surface area is 131 Å². The molecule has 1 aromatic carbocycles. The van der Waals surface area contributed by atoms with E-state index in [9.17, 15) is 4.39 Å². The SMILES string of the molecule is NC1(c2noc(-c3ccc(F)cc3Br)n2)CCCCCC1. The third-order valence-electron chi connectivity index (χ3n) is 4.03. The minimum atomic E-state index is -0.509. The summed E-state index contributed by atoms with van der Waals surface area (Å²) in [4.78, 5) is 4.45. The molecule has 1 heterocycles. The van der Waals surface area contributed by atoms with Gasteiger partial charge in [0.25, 0.3) is 5.89 Å². The first-order valence-electron chi connectivity index (χ1n) is 7.17. The zero-order chi connectivity index (χ0) is 14.9. The van der Waals surface area contributed by atoms with Gasteiger partial charge in [0.2, 0.25) is 0 Å². The van der Waals surface area contributed by atoms with Crippen molar-refractivity contribution >= 4 is 15.9 Å². The fourth-order valence-electron chi connectivity index (χ4n) is 2.78. The smallest absolute Gasteiger partial charge is 0.259 e. The Kier molecular flexibility index (Phi) is 4.08. The molecule has 1 fully saturated rings. The lowest BCUT2D eigenvalue weighted by Crippen LogP contribution is -2.37. The molecule has 1 aromatic heterocycles. The fourth-order valence-corrected chi connectivity index (χ4v) is 3.30. The first kappa shape index (κ1) is 14.7. The van der Waals surface area contributed by atoms with Crippen molar-refractivity contribution in [3.8, 4) is 11.5 Å².